The van der Waals surface area contributed by atoms with Crippen LogP contribution in [-0.4, -0.2) is 55.2 Å². The molecule has 1 atom stereocenters. The summed E-state index contributed by atoms with van der Waals surface area (Å²) in [6, 6.07) is 18.5. The molecule has 1 fully saturated rings. The van der Waals surface area contributed by atoms with E-state index >= 15 is 0 Å². The Bertz CT molecular complexity index is 1710. The van der Waals surface area contributed by atoms with E-state index in [1.807, 2.05) is 30.3 Å². The smallest absolute Gasteiger partial charge is 0.325 e. The van der Waals surface area contributed by atoms with Crippen molar-refractivity contribution in [3.63, 3.8) is 0 Å². The third kappa shape index (κ3) is 6.05. The van der Waals surface area contributed by atoms with E-state index in [4.69, 9.17) is 32.9 Å². The zero-order valence-electron chi connectivity index (χ0n) is 21.6. The topological polar surface area (TPSA) is 103 Å². The fourth-order valence-corrected chi connectivity index (χ4v) is 4.80. The number of benzene rings is 3. The Morgan fingerprint density at radius 1 is 0.976 bits per heavy atom. The van der Waals surface area contributed by atoms with Crippen molar-refractivity contribution in [2.24, 2.45) is 0 Å². The van der Waals surface area contributed by atoms with E-state index in [1.54, 1.807) is 42.6 Å². The van der Waals surface area contributed by atoms with E-state index in [0.717, 1.165) is 5.56 Å². The molecular formula is C27H22Cl2F2N8O3. The number of aromatic nitrogens is 5. The van der Waals surface area contributed by atoms with E-state index in [2.05, 4.69) is 20.7 Å². The summed E-state index contributed by atoms with van der Waals surface area (Å²) in [5.74, 6) is -0.378. The summed E-state index contributed by atoms with van der Waals surface area (Å²) in [6.45, 7) is -2.94. The molecule has 0 unspecified atom stereocenters. The first-order chi connectivity index (χ1) is 20.3. The molecule has 1 aliphatic heterocycles. The molecule has 1 N–H and O–H groups in total. The first-order valence-electron chi connectivity index (χ1n) is 12.6. The molecule has 0 bridgehead atoms. The molecule has 15 heteroatoms. The second kappa shape index (κ2) is 12.0. The maximum atomic E-state index is 13.6. The second-order valence-electron chi connectivity index (χ2n) is 9.29. The average molecular weight is 615 g/mol. The van der Waals surface area contributed by atoms with Crippen LogP contribution >= 0.6 is 23.2 Å². The molecule has 1 aliphatic rings. The lowest BCUT2D eigenvalue weighted by Gasteiger charge is -2.38. The number of hydroxylamine groups is 3. The molecule has 0 saturated carbocycles. The van der Waals surface area contributed by atoms with Crippen LogP contribution in [0, 0.1) is 0 Å². The summed E-state index contributed by atoms with van der Waals surface area (Å²) < 4.78 is 28.2. The van der Waals surface area contributed by atoms with E-state index in [-0.39, 0.29) is 24.5 Å². The van der Waals surface area contributed by atoms with Crippen molar-refractivity contribution in [1.29, 1.82) is 0 Å². The third-order valence-electron chi connectivity index (χ3n) is 6.51. The van der Waals surface area contributed by atoms with Gasteiger partial charge in [-0.3, -0.25) is 14.5 Å². The molecule has 0 spiro atoms. The zero-order chi connectivity index (χ0) is 29.2. The first kappa shape index (κ1) is 28.0. The predicted molar refractivity (Wildman–Crippen MR) is 151 cm³/mol. The van der Waals surface area contributed by atoms with Gasteiger partial charge in [0, 0.05) is 22.3 Å². The van der Waals surface area contributed by atoms with Crippen LogP contribution in [0.4, 0.5) is 20.2 Å². The van der Waals surface area contributed by atoms with Gasteiger partial charge in [0.25, 0.3) is 0 Å². The number of amides is 1. The van der Waals surface area contributed by atoms with E-state index in [9.17, 15) is 13.6 Å². The largest absolute Gasteiger partial charge is 0.333 e. The quantitative estimate of drug-likeness (QED) is 0.245. The Balaban J connectivity index is 1.21. The molecule has 3 aromatic carbocycles. The van der Waals surface area contributed by atoms with Crippen molar-refractivity contribution in [3.8, 4) is 5.69 Å². The molecule has 3 heterocycles. The average Bonchev–Trinajstić information content (AvgIpc) is 3.62. The summed E-state index contributed by atoms with van der Waals surface area (Å²) in [5, 5.41) is 18.6. The van der Waals surface area contributed by atoms with Gasteiger partial charge in [-0.25, -0.2) is 14.4 Å². The molecule has 0 aliphatic carbocycles. The monoisotopic (exact) mass is 614 g/mol. The van der Waals surface area contributed by atoms with Crippen LogP contribution in [-0.2, 0) is 20.9 Å². The number of alkyl halides is 2. The van der Waals surface area contributed by atoms with Crippen molar-refractivity contribution >= 4 is 51.4 Å². The highest BCUT2D eigenvalue weighted by Gasteiger charge is 2.33. The molecule has 1 amide bonds. The van der Waals surface area contributed by atoms with Crippen LogP contribution in [0.15, 0.2) is 79.1 Å². The highest BCUT2D eigenvalue weighted by atomic mass is 35.5. The van der Waals surface area contributed by atoms with Gasteiger partial charge in [0.2, 0.25) is 5.91 Å². The number of hydrogen-bond acceptors (Lipinski definition) is 8. The minimum absolute atomic E-state index is 0.0763. The summed E-state index contributed by atoms with van der Waals surface area (Å²) in [4.78, 5) is 25.7. The van der Waals surface area contributed by atoms with Gasteiger partial charge in [-0.15, -0.1) is 10.2 Å². The number of anilines is 2. The van der Waals surface area contributed by atoms with Crippen molar-refractivity contribution in [2.45, 2.75) is 19.0 Å². The van der Waals surface area contributed by atoms with Gasteiger partial charge in [-0.05, 0) is 48.4 Å². The summed E-state index contributed by atoms with van der Waals surface area (Å²) in [5.41, 5.74) is 2.85. The maximum Gasteiger partial charge on any atom is 0.333 e. The number of hydrogen-bond donors (Lipinski definition) is 1. The predicted octanol–water partition coefficient (Wildman–Crippen LogP) is 5.47. The third-order valence-corrected chi connectivity index (χ3v) is 6.92. The Morgan fingerprint density at radius 3 is 2.52 bits per heavy atom. The number of nitrogens with zero attached hydrogens (tertiary/aromatic N) is 7. The standard InChI is InChI=1S/C27H22Cl2F2N8O3/c28-19-6-9-22(36-14-25(29)33-35-36)23(12-19)38-15-42-39(16-41-38)24(10-17-4-2-1-3-5-17)26(40)32-20-7-8-21-18(11-20)13-37(34-21)27(30)31/h1-9,11-14,24,27H,10,15-16H2,(H,32,40)/t24-/m0/s1. The van der Waals surface area contributed by atoms with Gasteiger partial charge in [0.1, 0.15) is 6.04 Å². The normalized spacial score (nSPS) is 14.9. The van der Waals surface area contributed by atoms with Crippen LogP contribution in [0.25, 0.3) is 16.6 Å². The van der Waals surface area contributed by atoms with Crippen molar-refractivity contribution in [1.82, 2.24) is 29.8 Å². The van der Waals surface area contributed by atoms with Gasteiger partial charge in [-0.2, -0.15) is 13.9 Å². The number of halogens is 4. The highest BCUT2D eigenvalue weighted by Crippen LogP contribution is 2.30. The molecule has 5 aromatic rings. The lowest BCUT2D eigenvalue weighted by Crippen LogP contribution is -2.52. The van der Waals surface area contributed by atoms with Gasteiger partial charge >= 0.3 is 6.55 Å². The maximum absolute atomic E-state index is 13.6. The Kier molecular flexibility index (Phi) is 8.00. The van der Waals surface area contributed by atoms with Crippen molar-refractivity contribution in [2.75, 3.05) is 23.8 Å². The van der Waals surface area contributed by atoms with Crippen LogP contribution < -0.4 is 10.4 Å². The molecule has 216 valence electrons. The molecule has 0 radical (unpaired) electrons. The fraction of sp³-hybridized carbons (Fsp3) is 0.185. The van der Waals surface area contributed by atoms with Crippen LogP contribution in [0.3, 0.4) is 0 Å². The second-order valence-corrected chi connectivity index (χ2v) is 10.1. The minimum atomic E-state index is -2.77. The molecular weight excluding hydrogens is 593 g/mol. The van der Waals surface area contributed by atoms with E-state index in [1.165, 1.54) is 21.0 Å². The Hall–Kier alpha value is -4.14. The van der Waals surface area contributed by atoms with Gasteiger partial charge in [-0.1, -0.05) is 58.7 Å². The lowest BCUT2D eigenvalue weighted by atomic mass is 10.0. The van der Waals surface area contributed by atoms with E-state index < -0.39 is 12.6 Å². The van der Waals surface area contributed by atoms with Gasteiger partial charge in [0.15, 0.2) is 18.6 Å². The summed E-state index contributed by atoms with van der Waals surface area (Å²) in [6.07, 6.45) is 3.08. The summed E-state index contributed by atoms with van der Waals surface area (Å²) >= 11 is 12.2. The lowest BCUT2D eigenvalue weighted by molar-refractivity contribution is -0.279. The van der Waals surface area contributed by atoms with Crippen molar-refractivity contribution < 1.29 is 23.3 Å². The zero-order valence-corrected chi connectivity index (χ0v) is 23.2. The number of rotatable bonds is 8. The van der Waals surface area contributed by atoms with Gasteiger partial charge < -0.3 is 5.32 Å². The number of carbonyl (C=O) groups is 1. The van der Waals surface area contributed by atoms with Crippen LogP contribution in [0.2, 0.25) is 10.2 Å². The number of carbonyl (C=O) groups excluding carboxylic acids is 1. The van der Waals surface area contributed by atoms with E-state index in [0.29, 0.717) is 44.1 Å². The minimum Gasteiger partial charge on any atom is -0.325 e. The Labute approximate surface area is 247 Å². The summed E-state index contributed by atoms with van der Waals surface area (Å²) in [7, 11) is 0. The SMILES string of the molecule is O=C(Nc1ccc2nn(C(F)F)cc2c1)[C@H](Cc1ccccc1)N1CON(c2cc(Cl)ccc2-n2cc(Cl)nn2)CO1. The number of fused-ring (bicyclic) bond motifs is 1. The highest BCUT2D eigenvalue weighted by molar-refractivity contribution is 6.31. The molecule has 2 aromatic heterocycles. The molecule has 42 heavy (non-hydrogen) atoms. The molecule has 11 nitrogen and oxygen atoms in total. The first-order valence-corrected chi connectivity index (χ1v) is 13.4. The Morgan fingerprint density at radius 2 is 1.81 bits per heavy atom. The fourth-order valence-electron chi connectivity index (χ4n) is 4.51. The van der Waals surface area contributed by atoms with Gasteiger partial charge in [0.05, 0.1) is 23.1 Å². The molecule has 1 saturated heterocycles. The number of nitrogens with one attached hydrogen (secondary N) is 1. The molecule has 6 rings (SSSR count). The van der Waals surface area contributed by atoms with Crippen LogP contribution in [0.1, 0.15) is 12.1 Å². The van der Waals surface area contributed by atoms with Crippen LogP contribution in [0.5, 0.6) is 0 Å². The van der Waals surface area contributed by atoms with Crippen molar-refractivity contribution in [3.05, 3.63) is 94.9 Å².